The van der Waals surface area contributed by atoms with E-state index in [9.17, 15) is 4.79 Å². The first-order valence-electron chi connectivity index (χ1n) is 9.97. The van der Waals surface area contributed by atoms with Gasteiger partial charge in [0.2, 0.25) is 11.7 Å². The van der Waals surface area contributed by atoms with E-state index >= 15 is 0 Å². The molecule has 4 aromatic rings. The molecular formula is C24H22N4O3S. The van der Waals surface area contributed by atoms with E-state index in [1.807, 2.05) is 68.4 Å². The average Bonchev–Trinajstić information content (AvgIpc) is 3.31. The van der Waals surface area contributed by atoms with E-state index in [1.165, 1.54) is 11.8 Å². The Bertz CT molecular complexity index is 1220. The van der Waals surface area contributed by atoms with E-state index in [0.717, 1.165) is 33.2 Å². The topological polar surface area (TPSA) is 90.1 Å². The molecule has 32 heavy (non-hydrogen) atoms. The molecule has 8 heteroatoms. The van der Waals surface area contributed by atoms with Gasteiger partial charge in [-0.25, -0.2) is 4.98 Å². The van der Waals surface area contributed by atoms with Crippen molar-refractivity contribution >= 4 is 23.4 Å². The van der Waals surface area contributed by atoms with Gasteiger partial charge in [-0.05, 0) is 67.4 Å². The predicted octanol–water partition coefficient (Wildman–Crippen LogP) is 5.15. The van der Waals surface area contributed by atoms with Crippen molar-refractivity contribution in [3.63, 3.8) is 0 Å². The normalized spacial score (nSPS) is 10.7. The van der Waals surface area contributed by atoms with Crippen LogP contribution in [0.25, 0.3) is 22.8 Å². The number of benzene rings is 2. The van der Waals surface area contributed by atoms with E-state index in [2.05, 4.69) is 20.4 Å². The first-order valence-corrected chi connectivity index (χ1v) is 11.0. The van der Waals surface area contributed by atoms with Crippen molar-refractivity contribution in [2.45, 2.75) is 18.9 Å². The molecular weight excluding hydrogens is 424 g/mol. The Morgan fingerprint density at radius 2 is 1.84 bits per heavy atom. The maximum atomic E-state index is 12.3. The molecule has 0 aliphatic heterocycles. The van der Waals surface area contributed by atoms with Gasteiger partial charge in [0.1, 0.15) is 5.75 Å². The molecule has 2 aromatic carbocycles. The van der Waals surface area contributed by atoms with Crippen LogP contribution in [0.15, 0.2) is 70.3 Å². The summed E-state index contributed by atoms with van der Waals surface area (Å²) in [5.41, 5.74) is 4.59. The zero-order chi connectivity index (χ0) is 22.5. The quantitative estimate of drug-likeness (QED) is 0.392. The lowest BCUT2D eigenvalue weighted by Gasteiger charge is -2.10. The second-order valence-corrected chi connectivity index (χ2v) is 8.12. The molecule has 0 saturated heterocycles. The van der Waals surface area contributed by atoms with E-state index < -0.39 is 0 Å². The van der Waals surface area contributed by atoms with Crippen LogP contribution in [-0.2, 0) is 4.79 Å². The smallest absolute Gasteiger partial charge is 0.259 e. The second-order valence-electron chi connectivity index (χ2n) is 7.12. The lowest BCUT2D eigenvalue weighted by molar-refractivity contribution is -0.113. The van der Waals surface area contributed by atoms with E-state index in [4.69, 9.17) is 9.26 Å². The molecule has 0 aliphatic carbocycles. The number of amides is 1. The van der Waals surface area contributed by atoms with Gasteiger partial charge in [-0.1, -0.05) is 29.1 Å². The first kappa shape index (κ1) is 21.6. The Kier molecular flexibility index (Phi) is 6.51. The number of rotatable bonds is 7. The van der Waals surface area contributed by atoms with Crippen molar-refractivity contribution in [2.24, 2.45) is 0 Å². The second kappa shape index (κ2) is 9.65. The van der Waals surface area contributed by atoms with Crippen molar-refractivity contribution in [1.29, 1.82) is 0 Å². The van der Waals surface area contributed by atoms with Crippen LogP contribution < -0.4 is 10.1 Å². The van der Waals surface area contributed by atoms with E-state index in [1.54, 1.807) is 13.3 Å². The van der Waals surface area contributed by atoms with Crippen LogP contribution in [0.4, 0.5) is 5.69 Å². The van der Waals surface area contributed by atoms with Crippen molar-refractivity contribution in [2.75, 3.05) is 18.2 Å². The van der Waals surface area contributed by atoms with Gasteiger partial charge in [-0.3, -0.25) is 4.79 Å². The molecule has 1 amide bonds. The van der Waals surface area contributed by atoms with Crippen molar-refractivity contribution in [3.05, 3.63) is 71.9 Å². The number of aryl methyl sites for hydroxylation is 1. The summed E-state index contributed by atoms with van der Waals surface area (Å²) in [7, 11) is 1.62. The first-order chi connectivity index (χ1) is 15.5. The summed E-state index contributed by atoms with van der Waals surface area (Å²) >= 11 is 1.37. The number of thioether (sulfide) groups is 1. The number of hydrogen-bond acceptors (Lipinski definition) is 7. The number of carbonyl (C=O) groups excluding carboxylic acids is 1. The lowest BCUT2D eigenvalue weighted by Crippen LogP contribution is -2.15. The SMILES string of the molecule is COc1ccc(-c2noc(-c3ccc(SCC(=O)Nc4cccc(C)c4C)nc3)n2)cc1. The number of aromatic nitrogens is 3. The van der Waals surface area contributed by atoms with Crippen LogP contribution in [0, 0.1) is 13.8 Å². The highest BCUT2D eigenvalue weighted by Gasteiger charge is 2.12. The molecule has 0 aliphatic rings. The minimum absolute atomic E-state index is 0.0735. The summed E-state index contributed by atoms with van der Waals surface area (Å²) in [6.07, 6.45) is 1.66. The number of methoxy groups -OCH3 is 1. The molecule has 0 unspecified atom stereocenters. The largest absolute Gasteiger partial charge is 0.497 e. The fourth-order valence-electron chi connectivity index (χ4n) is 3.00. The molecule has 4 rings (SSSR count). The summed E-state index contributed by atoms with van der Waals surface area (Å²) in [5.74, 6) is 1.83. The monoisotopic (exact) mass is 446 g/mol. The molecule has 0 spiro atoms. The summed E-state index contributed by atoms with van der Waals surface area (Å²) < 4.78 is 10.5. The Morgan fingerprint density at radius 1 is 1.06 bits per heavy atom. The zero-order valence-electron chi connectivity index (χ0n) is 18.0. The van der Waals surface area contributed by atoms with Gasteiger partial charge in [0.15, 0.2) is 0 Å². The Hall–Kier alpha value is -3.65. The van der Waals surface area contributed by atoms with Gasteiger partial charge >= 0.3 is 0 Å². The van der Waals surface area contributed by atoms with Gasteiger partial charge < -0.3 is 14.6 Å². The number of anilines is 1. The lowest BCUT2D eigenvalue weighted by atomic mass is 10.1. The van der Waals surface area contributed by atoms with Crippen molar-refractivity contribution in [3.8, 4) is 28.6 Å². The maximum absolute atomic E-state index is 12.3. The number of nitrogens with zero attached hydrogens (tertiary/aromatic N) is 3. The minimum Gasteiger partial charge on any atom is -0.497 e. The van der Waals surface area contributed by atoms with Crippen LogP contribution >= 0.6 is 11.8 Å². The van der Waals surface area contributed by atoms with Crippen LogP contribution in [0.5, 0.6) is 5.75 Å². The van der Waals surface area contributed by atoms with Crippen LogP contribution in [-0.4, -0.2) is 33.9 Å². The Balaban J connectivity index is 1.36. The number of nitrogens with one attached hydrogen (secondary N) is 1. The van der Waals surface area contributed by atoms with Crippen molar-refractivity contribution in [1.82, 2.24) is 15.1 Å². The molecule has 7 nitrogen and oxygen atoms in total. The van der Waals surface area contributed by atoms with Gasteiger partial charge in [0.05, 0.1) is 23.5 Å². The van der Waals surface area contributed by atoms with E-state index in [-0.39, 0.29) is 11.7 Å². The molecule has 0 atom stereocenters. The molecule has 2 heterocycles. The predicted molar refractivity (Wildman–Crippen MR) is 125 cm³/mol. The van der Waals surface area contributed by atoms with Crippen LogP contribution in [0.2, 0.25) is 0 Å². The van der Waals surface area contributed by atoms with Gasteiger partial charge in [0.25, 0.3) is 5.89 Å². The summed E-state index contributed by atoms with van der Waals surface area (Å²) in [6, 6.07) is 17.0. The van der Waals surface area contributed by atoms with E-state index in [0.29, 0.717) is 17.3 Å². The number of pyridine rings is 1. The minimum atomic E-state index is -0.0735. The van der Waals surface area contributed by atoms with Crippen LogP contribution in [0.1, 0.15) is 11.1 Å². The van der Waals surface area contributed by atoms with Gasteiger partial charge in [-0.15, -0.1) is 0 Å². The van der Waals surface area contributed by atoms with Gasteiger partial charge in [0, 0.05) is 17.4 Å². The van der Waals surface area contributed by atoms with Gasteiger partial charge in [-0.2, -0.15) is 4.98 Å². The summed E-state index contributed by atoms with van der Waals surface area (Å²) in [5, 5.41) is 7.73. The highest BCUT2D eigenvalue weighted by molar-refractivity contribution is 7.99. The van der Waals surface area contributed by atoms with Crippen LogP contribution in [0.3, 0.4) is 0 Å². The highest BCUT2D eigenvalue weighted by atomic mass is 32.2. The number of hydrogen-bond donors (Lipinski definition) is 1. The molecule has 0 fully saturated rings. The molecule has 162 valence electrons. The average molecular weight is 447 g/mol. The third kappa shape index (κ3) is 4.97. The summed E-state index contributed by atoms with van der Waals surface area (Å²) in [6.45, 7) is 4.02. The standard InChI is InChI=1S/C24H22N4O3S/c1-15-5-4-6-20(16(15)2)26-21(29)14-32-22-12-9-18(13-25-22)24-27-23(28-31-24)17-7-10-19(30-3)11-8-17/h4-13H,14H2,1-3H3,(H,26,29). The highest BCUT2D eigenvalue weighted by Crippen LogP contribution is 2.25. The fraction of sp³-hybridized carbons (Fsp3) is 0.167. The molecule has 2 aromatic heterocycles. The zero-order valence-corrected chi connectivity index (χ0v) is 18.8. The molecule has 1 N–H and O–H groups in total. The molecule has 0 bridgehead atoms. The molecule has 0 radical (unpaired) electrons. The number of ether oxygens (including phenoxy) is 1. The Morgan fingerprint density at radius 3 is 2.56 bits per heavy atom. The Labute approximate surface area is 190 Å². The fourth-order valence-corrected chi connectivity index (χ4v) is 3.65. The maximum Gasteiger partial charge on any atom is 0.259 e. The third-order valence-electron chi connectivity index (χ3n) is 4.99. The number of carbonyl (C=O) groups is 1. The summed E-state index contributed by atoms with van der Waals surface area (Å²) in [4.78, 5) is 21.2. The van der Waals surface area contributed by atoms with Crippen molar-refractivity contribution < 1.29 is 14.1 Å². The third-order valence-corrected chi connectivity index (χ3v) is 5.93. The molecule has 0 saturated carbocycles.